The number of ether oxygens (including phenoxy) is 1. The van der Waals surface area contributed by atoms with Crippen molar-refractivity contribution in [1.29, 1.82) is 0 Å². The molecule has 1 aromatic carbocycles. The lowest BCUT2D eigenvalue weighted by molar-refractivity contribution is -0.130. The van der Waals surface area contributed by atoms with Crippen LogP contribution in [0.2, 0.25) is 0 Å². The van der Waals surface area contributed by atoms with Crippen LogP contribution in [-0.4, -0.2) is 48.9 Å². The first kappa shape index (κ1) is 18.2. The molecule has 0 spiro atoms. The summed E-state index contributed by atoms with van der Waals surface area (Å²) in [4.78, 5) is 14.5. The van der Waals surface area contributed by atoms with Crippen LogP contribution in [0.1, 0.15) is 19.3 Å². The lowest BCUT2D eigenvalue weighted by Gasteiger charge is -2.32. The van der Waals surface area contributed by atoms with Gasteiger partial charge in [0.15, 0.2) is 11.6 Å². The molecular weight excluding hydrogens is 322 g/mol. The van der Waals surface area contributed by atoms with Crippen LogP contribution in [-0.2, 0) is 9.53 Å². The summed E-state index contributed by atoms with van der Waals surface area (Å²) in [5.41, 5.74) is 5.43. The van der Waals surface area contributed by atoms with Crippen LogP contribution in [0.3, 0.4) is 0 Å². The summed E-state index contributed by atoms with van der Waals surface area (Å²) >= 11 is 1.22. The predicted molar refractivity (Wildman–Crippen MR) is 86.3 cm³/mol. The second kappa shape index (κ2) is 9.20. The molecule has 2 N–H and O–H groups in total. The van der Waals surface area contributed by atoms with Crippen molar-refractivity contribution in [2.75, 3.05) is 32.0 Å². The van der Waals surface area contributed by atoms with Gasteiger partial charge >= 0.3 is 0 Å². The zero-order valence-electron chi connectivity index (χ0n) is 13.0. The number of nitrogens with two attached hydrogens (primary N) is 1. The highest BCUT2D eigenvalue weighted by Gasteiger charge is 2.23. The fourth-order valence-corrected chi connectivity index (χ4v) is 3.23. The minimum atomic E-state index is -0.891. The highest BCUT2D eigenvalue weighted by molar-refractivity contribution is 8.00. The maximum Gasteiger partial charge on any atom is 0.232 e. The third-order valence-electron chi connectivity index (χ3n) is 3.75. The molecule has 0 atom stereocenters. The maximum absolute atomic E-state index is 13.1. The molecule has 1 aliphatic rings. The summed E-state index contributed by atoms with van der Waals surface area (Å²) in [5, 5.41) is 0. The maximum atomic E-state index is 13.1. The van der Waals surface area contributed by atoms with Crippen molar-refractivity contribution >= 4 is 17.7 Å². The molecule has 0 bridgehead atoms. The summed E-state index contributed by atoms with van der Waals surface area (Å²) in [6.45, 7) is 2.63. The summed E-state index contributed by atoms with van der Waals surface area (Å²) in [5.74, 6) is -1.53. The van der Waals surface area contributed by atoms with E-state index < -0.39 is 11.6 Å². The molecule has 0 radical (unpaired) electrons. The van der Waals surface area contributed by atoms with Crippen LogP contribution in [0.15, 0.2) is 23.1 Å². The summed E-state index contributed by atoms with van der Waals surface area (Å²) < 4.78 is 31.7. The summed E-state index contributed by atoms with van der Waals surface area (Å²) in [6.07, 6.45) is 2.70. The molecule has 0 aromatic heterocycles. The van der Waals surface area contributed by atoms with Crippen molar-refractivity contribution in [2.24, 2.45) is 5.73 Å². The van der Waals surface area contributed by atoms with Gasteiger partial charge in [-0.1, -0.05) is 0 Å². The van der Waals surface area contributed by atoms with Crippen LogP contribution in [0.4, 0.5) is 8.78 Å². The van der Waals surface area contributed by atoms with E-state index in [1.54, 1.807) is 4.90 Å². The average molecular weight is 344 g/mol. The van der Waals surface area contributed by atoms with Crippen LogP contribution >= 0.6 is 11.8 Å². The Labute approximate surface area is 139 Å². The molecule has 2 rings (SSSR count). The second-order valence-corrected chi connectivity index (χ2v) is 6.51. The third-order valence-corrected chi connectivity index (χ3v) is 4.73. The number of likely N-dealkylation sites (tertiary alicyclic amines) is 1. The number of amides is 1. The van der Waals surface area contributed by atoms with Crippen LogP contribution in [0.5, 0.6) is 0 Å². The van der Waals surface area contributed by atoms with E-state index >= 15 is 0 Å². The number of carbonyl (C=O) groups is 1. The Kier molecular flexibility index (Phi) is 7.26. The lowest BCUT2D eigenvalue weighted by atomic mass is 10.1. The molecule has 1 amide bonds. The van der Waals surface area contributed by atoms with Crippen molar-refractivity contribution in [1.82, 2.24) is 4.90 Å². The molecule has 0 aliphatic carbocycles. The van der Waals surface area contributed by atoms with Gasteiger partial charge in [0.1, 0.15) is 0 Å². The lowest BCUT2D eigenvalue weighted by Crippen LogP contribution is -2.41. The standard InChI is InChI=1S/C16H22F2N2O2S/c17-14-3-2-13(10-15(14)18)23-11-16(21)20-7-4-12(5-8-20)22-9-1-6-19/h2-3,10,12H,1,4-9,11,19H2. The minimum Gasteiger partial charge on any atom is -0.378 e. The van der Waals surface area contributed by atoms with Crippen molar-refractivity contribution < 1.29 is 18.3 Å². The van der Waals surface area contributed by atoms with Gasteiger partial charge in [-0.2, -0.15) is 0 Å². The molecule has 4 nitrogen and oxygen atoms in total. The van der Waals surface area contributed by atoms with Gasteiger partial charge in [-0.3, -0.25) is 4.79 Å². The van der Waals surface area contributed by atoms with Crippen molar-refractivity contribution in [3.05, 3.63) is 29.8 Å². The van der Waals surface area contributed by atoms with Gasteiger partial charge in [-0.05, 0) is 44.0 Å². The highest BCUT2D eigenvalue weighted by atomic mass is 32.2. The molecule has 1 fully saturated rings. The normalized spacial score (nSPS) is 15.9. The van der Waals surface area contributed by atoms with E-state index in [4.69, 9.17) is 10.5 Å². The molecule has 1 saturated heterocycles. The van der Waals surface area contributed by atoms with E-state index in [-0.39, 0.29) is 17.8 Å². The molecule has 0 unspecified atom stereocenters. The van der Waals surface area contributed by atoms with Gasteiger partial charge in [0.2, 0.25) is 5.91 Å². The zero-order valence-corrected chi connectivity index (χ0v) is 13.8. The van der Waals surface area contributed by atoms with Crippen molar-refractivity contribution in [3.8, 4) is 0 Å². The van der Waals surface area contributed by atoms with Crippen LogP contribution in [0, 0.1) is 11.6 Å². The Morgan fingerprint density at radius 2 is 2.04 bits per heavy atom. The number of nitrogens with zero attached hydrogens (tertiary/aromatic N) is 1. The van der Waals surface area contributed by atoms with Gasteiger partial charge in [0.25, 0.3) is 0 Å². The molecule has 7 heteroatoms. The third kappa shape index (κ3) is 5.75. The van der Waals surface area contributed by atoms with Crippen molar-refractivity contribution in [3.63, 3.8) is 0 Å². The highest BCUT2D eigenvalue weighted by Crippen LogP contribution is 2.22. The van der Waals surface area contributed by atoms with E-state index in [2.05, 4.69) is 0 Å². The number of hydrogen-bond donors (Lipinski definition) is 1. The number of piperidine rings is 1. The molecule has 1 heterocycles. The van der Waals surface area contributed by atoms with Gasteiger partial charge in [0.05, 0.1) is 11.9 Å². The second-order valence-electron chi connectivity index (χ2n) is 5.46. The number of thioether (sulfide) groups is 1. The first-order valence-electron chi connectivity index (χ1n) is 7.77. The number of rotatable bonds is 7. The first-order chi connectivity index (χ1) is 11.1. The van der Waals surface area contributed by atoms with Crippen molar-refractivity contribution in [2.45, 2.75) is 30.3 Å². The Morgan fingerprint density at radius 3 is 2.70 bits per heavy atom. The number of benzene rings is 1. The van der Waals surface area contributed by atoms with E-state index in [0.717, 1.165) is 31.4 Å². The molecule has 128 valence electrons. The van der Waals surface area contributed by atoms with E-state index in [1.165, 1.54) is 17.8 Å². The van der Waals surface area contributed by atoms with Gasteiger partial charge in [-0.15, -0.1) is 11.8 Å². The fraction of sp³-hybridized carbons (Fsp3) is 0.562. The Hall–Kier alpha value is -1.18. The molecular formula is C16H22F2N2O2S. The molecule has 1 aliphatic heterocycles. The van der Waals surface area contributed by atoms with Gasteiger partial charge < -0.3 is 15.4 Å². The number of hydrogen-bond acceptors (Lipinski definition) is 4. The topological polar surface area (TPSA) is 55.6 Å². The number of halogens is 2. The fourth-order valence-electron chi connectivity index (χ4n) is 2.41. The van der Waals surface area contributed by atoms with Crippen LogP contribution < -0.4 is 5.73 Å². The molecule has 0 saturated carbocycles. The first-order valence-corrected chi connectivity index (χ1v) is 8.76. The quantitative estimate of drug-likeness (QED) is 0.610. The predicted octanol–water partition coefficient (Wildman–Crippen LogP) is 2.41. The average Bonchev–Trinajstić information content (AvgIpc) is 2.56. The molecule has 23 heavy (non-hydrogen) atoms. The summed E-state index contributed by atoms with van der Waals surface area (Å²) in [6, 6.07) is 3.67. The largest absolute Gasteiger partial charge is 0.378 e. The van der Waals surface area contributed by atoms with E-state index in [1.807, 2.05) is 0 Å². The minimum absolute atomic E-state index is 0.0140. The van der Waals surface area contributed by atoms with Gasteiger partial charge in [-0.25, -0.2) is 8.78 Å². The molecule has 1 aromatic rings. The van der Waals surface area contributed by atoms with E-state index in [9.17, 15) is 13.6 Å². The smallest absolute Gasteiger partial charge is 0.232 e. The Bertz CT molecular complexity index is 523. The van der Waals surface area contributed by atoms with Gasteiger partial charge in [0, 0.05) is 24.6 Å². The van der Waals surface area contributed by atoms with Crippen LogP contribution in [0.25, 0.3) is 0 Å². The Morgan fingerprint density at radius 1 is 1.30 bits per heavy atom. The Balaban J connectivity index is 1.71. The number of carbonyl (C=O) groups excluding carboxylic acids is 1. The SMILES string of the molecule is NCCCOC1CCN(C(=O)CSc2ccc(F)c(F)c2)CC1. The van der Waals surface area contributed by atoms with E-state index in [0.29, 0.717) is 31.1 Å². The summed E-state index contributed by atoms with van der Waals surface area (Å²) in [7, 11) is 0. The zero-order chi connectivity index (χ0) is 16.7. The monoisotopic (exact) mass is 344 g/mol.